The Balaban J connectivity index is 1.43. The van der Waals surface area contributed by atoms with E-state index in [-0.39, 0.29) is 17.7 Å². The lowest BCUT2D eigenvalue weighted by Gasteiger charge is -2.30. The van der Waals surface area contributed by atoms with Crippen LogP contribution in [0.1, 0.15) is 29.0 Å². The maximum Gasteiger partial charge on any atom is 0.289 e. The molecule has 0 bridgehead atoms. The quantitative estimate of drug-likeness (QED) is 0.838. The number of carbonyl (C=O) groups excluding carboxylic acids is 2. The lowest BCUT2D eigenvalue weighted by atomic mass is 9.95. The largest absolute Gasteiger partial charge is 0.459 e. The molecule has 3 rings (SSSR count). The van der Waals surface area contributed by atoms with Gasteiger partial charge in [-0.05, 0) is 49.1 Å². The topological polar surface area (TPSA) is 62.6 Å². The summed E-state index contributed by atoms with van der Waals surface area (Å²) >= 11 is 12.0. The lowest BCUT2D eigenvalue weighted by Crippen LogP contribution is -2.43. The molecule has 7 heteroatoms. The third-order valence-corrected chi connectivity index (χ3v) is 5.18. The molecule has 0 atom stereocenters. The summed E-state index contributed by atoms with van der Waals surface area (Å²) in [7, 11) is 0. The standard InChI is InChI=1S/C19H20Cl2N2O3/c20-15-4-3-13(16(21)12-15)5-8-22-18(24)14-6-9-23(10-7-14)19(25)17-2-1-11-26-17/h1-4,11-12,14H,5-10H2,(H,22,24). The molecular weight excluding hydrogens is 375 g/mol. The Morgan fingerprint density at radius 1 is 1.19 bits per heavy atom. The fourth-order valence-corrected chi connectivity index (χ4v) is 3.59. The van der Waals surface area contributed by atoms with Crippen LogP contribution in [0.3, 0.4) is 0 Å². The number of nitrogens with zero attached hydrogens (tertiary/aromatic N) is 1. The van der Waals surface area contributed by atoms with Crippen LogP contribution in [0.25, 0.3) is 0 Å². The summed E-state index contributed by atoms with van der Waals surface area (Å²) in [6, 6.07) is 8.71. The van der Waals surface area contributed by atoms with Crippen LogP contribution >= 0.6 is 23.2 Å². The highest BCUT2D eigenvalue weighted by Crippen LogP contribution is 2.22. The number of benzene rings is 1. The minimum Gasteiger partial charge on any atom is -0.459 e. The SMILES string of the molecule is O=C(NCCc1ccc(Cl)cc1Cl)C1CCN(C(=O)c2ccco2)CC1. The smallest absolute Gasteiger partial charge is 0.289 e. The van der Waals surface area contributed by atoms with E-state index in [0.717, 1.165) is 5.56 Å². The number of piperidine rings is 1. The van der Waals surface area contributed by atoms with Crippen molar-refractivity contribution in [1.29, 1.82) is 0 Å². The zero-order valence-electron chi connectivity index (χ0n) is 14.2. The fraction of sp³-hybridized carbons (Fsp3) is 0.368. The van der Waals surface area contributed by atoms with Crippen molar-refractivity contribution in [3.63, 3.8) is 0 Å². The van der Waals surface area contributed by atoms with Gasteiger partial charge < -0.3 is 14.6 Å². The Kier molecular flexibility index (Phi) is 6.22. The normalized spacial score (nSPS) is 15.1. The van der Waals surface area contributed by atoms with Crippen LogP contribution in [0, 0.1) is 5.92 Å². The molecule has 1 aliphatic rings. The number of likely N-dealkylation sites (tertiary alicyclic amines) is 1. The zero-order valence-corrected chi connectivity index (χ0v) is 15.7. The second kappa shape index (κ2) is 8.60. The summed E-state index contributed by atoms with van der Waals surface area (Å²) in [6.07, 6.45) is 3.44. The lowest BCUT2D eigenvalue weighted by molar-refractivity contribution is -0.126. The molecule has 2 aromatic rings. The highest BCUT2D eigenvalue weighted by Gasteiger charge is 2.28. The van der Waals surface area contributed by atoms with E-state index >= 15 is 0 Å². The summed E-state index contributed by atoms with van der Waals surface area (Å²) in [5.74, 6) is 0.176. The molecule has 0 spiro atoms. The van der Waals surface area contributed by atoms with Crippen LogP contribution in [-0.2, 0) is 11.2 Å². The molecule has 0 saturated carbocycles. The first-order chi connectivity index (χ1) is 12.5. The minimum absolute atomic E-state index is 0.0279. The zero-order chi connectivity index (χ0) is 18.5. The van der Waals surface area contributed by atoms with Crippen LogP contribution in [0.15, 0.2) is 41.0 Å². The second-order valence-corrected chi connectivity index (χ2v) is 7.16. The highest BCUT2D eigenvalue weighted by molar-refractivity contribution is 6.35. The average molecular weight is 395 g/mol. The fourth-order valence-electron chi connectivity index (χ4n) is 3.09. The maximum atomic E-state index is 12.3. The van der Waals surface area contributed by atoms with E-state index in [2.05, 4.69) is 5.32 Å². The van der Waals surface area contributed by atoms with Gasteiger partial charge in [-0.25, -0.2) is 0 Å². The van der Waals surface area contributed by atoms with Gasteiger partial charge >= 0.3 is 0 Å². The molecule has 138 valence electrons. The van der Waals surface area contributed by atoms with Gasteiger partial charge in [0.05, 0.1) is 6.26 Å². The Labute approximate surface area is 162 Å². The van der Waals surface area contributed by atoms with Gasteiger partial charge in [0.25, 0.3) is 5.91 Å². The van der Waals surface area contributed by atoms with Crippen molar-refractivity contribution in [2.45, 2.75) is 19.3 Å². The molecule has 0 aliphatic carbocycles. The Morgan fingerprint density at radius 2 is 1.96 bits per heavy atom. The maximum absolute atomic E-state index is 12.3. The number of carbonyl (C=O) groups is 2. The molecule has 1 fully saturated rings. The molecule has 1 aromatic carbocycles. The van der Waals surface area contributed by atoms with Crippen LogP contribution in [-0.4, -0.2) is 36.3 Å². The first-order valence-electron chi connectivity index (χ1n) is 8.59. The predicted octanol–water partition coefficient (Wildman–Crippen LogP) is 3.80. The van der Waals surface area contributed by atoms with Crippen LogP contribution in [0.4, 0.5) is 0 Å². The Hall–Kier alpha value is -1.98. The molecule has 1 N–H and O–H groups in total. The molecule has 1 aliphatic heterocycles. The van der Waals surface area contributed by atoms with Crippen molar-refractivity contribution in [2.75, 3.05) is 19.6 Å². The van der Waals surface area contributed by atoms with E-state index in [0.29, 0.717) is 54.7 Å². The molecule has 2 amide bonds. The average Bonchev–Trinajstić information content (AvgIpc) is 3.17. The van der Waals surface area contributed by atoms with Gasteiger partial charge in [-0.15, -0.1) is 0 Å². The summed E-state index contributed by atoms with van der Waals surface area (Å²) in [5.41, 5.74) is 0.954. The Morgan fingerprint density at radius 3 is 2.62 bits per heavy atom. The van der Waals surface area contributed by atoms with Gasteiger partial charge in [0.1, 0.15) is 0 Å². The molecule has 2 heterocycles. The van der Waals surface area contributed by atoms with Crippen LogP contribution < -0.4 is 5.32 Å². The van der Waals surface area contributed by atoms with Crippen LogP contribution in [0.2, 0.25) is 10.0 Å². The van der Waals surface area contributed by atoms with E-state index < -0.39 is 0 Å². The van der Waals surface area contributed by atoms with E-state index in [1.165, 1.54) is 6.26 Å². The summed E-state index contributed by atoms with van der Waals surface area (Å²) < 4.78 is 5.15. The number of furan rings is 1. The van der Waals surface area contributed by atoms with Crippen molar-refractivity contribution >= 4 is 35.0 Å². The number of hydrogen-bond acceptors (Lipinski definition) is 3. The van der Waals surface area contributed by atoms with Gasteiger partial charge in [-0.1, -0.05) is 29.3 Å². The van der Waals surface area contributed by atoms with Gasteiger partial charge in [0.15, 0.2) is 5.76 Å². The molecule has 1 saturated heterocycles. The number of nitrogens with one attached hydrogen (secondary N) is 1. The molecule has 0 unspecified atom stereocenters. The Bertz CT molecular complexity index is 769. The molecule has 1 aromatic heterocycles. The van der Waals surface area contributed by atoms with Crippen molar-refractivity contribution in [3.8, 4) is 0 Å². The van der Waals surface area contributed by atoms with Crippen molar-refractivity contribution < 1.29 is 14.0 Å². The van der Waals surface area contributed by atoms with Crippen molar-refractivity contribution in [3.05, 3.63) is 58.0 Å². The predicted molar refractivity (Wildman–Crippen MR) is 101 cm³/mol. The first kappa shape index (κ1) is 18.8. The van der Waals surface area contributed by atoms with E-state index in [4.69, 9.17) is 27.6 Å². The third-order valence-electron chi connectivity index (χ3n) is 4.59. The third kappa shape index (κ3) is 4.59. The molecule has 26 heavy (non-hydrogen) atoms. The van der Waals surface area contributed by atoms with E-state index in [1.54, 1.807) is 29.2 Å². The van der Waals surface area contributed by atoms with Crippen LogP contribution in [0.5, 0.6) is 0 Å². The van der Waals surface area contributed by atoms with Gasteiger partial charge in [0, 0.05) is 35.6 Å². The van der Waals surface area contributed by atoms with Crippen molar-refractivity contribution in [1.82, 2.24) is 10.2 Å². The molecule has 5 nitrogen and oxygen atoms in total. The van der Waals surface area contributed by atoms with Gasteiger partial charge in [-0.3, -0.25) is 9.59 Å². The summed E-state index contributed by atoms with van der Waals surface area (Å²) in [4.78, 5) is 26.3. The van der Waals surface area contributed by atoms with Gasteiger partial charge in [0.2, 0.25) is 5.91 Å². The number of rotatable bonds is 5. The number of hydrogen-bond donors (Lipinski definition) is 1. The highest BCUT2D eigenvalue weighted by atomic mass is 35.5. The van der Waals surface area contributed by atoms with Gasteiger partial charge in [-0.2, -0.15) is 0 Å². The number of halogens is 2. The molecular formula is C19H20Cl2N2O3. The summed E-state index contributed by atoms with van der Waals surface area (Å²) in [6.45, 7) is 1.63. The second-order valence-electron chi connectivity index (χ2n) is 6.32. The first-order valence-corrected chi connectivity index (χ1v) is 9.34. The van der Waals surface area contributed by atoms with E-state index in [9.17, 15) is 9.59 Å². The monoisotopic (exact) mass is 394 g/mol. The molecule has 0 radical (unpaired) electrons. The van der Waals surface area contributed by atoms with Crippen molar-refractivity contribution in [2.24, 2.45) is 5.92 Å². The summed E-state index contributed by atoms with van der Waals surface area (Å²) in [5, 5.41) is 4.17. The minimum atomic E-state index is -0.119. The van der Waals surface area contributed by atoms with E-state index in [1.807, 2.05) is 6.07 Å². The number of amides is 2.